The fourth-order valence-electron chi connectivity index (χ4n) is 1.71. The molecule has 0 atom stereocenters. The van der Waals surface area contributed by atoms with Gasteiger partial charge < -0.3 is 5.32 Å². The van der Waals surface area contributed by atoms with E-state index < -0.39 is 0 Å². The third-order valence-corrected chi connectivity index (χ3v) is 4.68. The molecule has 2 aromatic rings. The zero-order valence-corrected chi connectivity index (χ0v) is 12.7. The number of rotatable bonds is 5. The van der Waals surface area contributed by atoms with E-state index in [0.717, 1.165) is 12.3 Å². The van der Waals surface area contributed by atoms with Gasteiger partial charge in [0.1, 0.15) is 0 Å². The smallest absolute Gasteiger partial charge is 0.0314 e. The maximum atomic E-state index is 3.64. The zero-order valence-electron chi connectivity index (χ0n) is 10.3. The molecule has 0 aliphatic rings. The summed E-state index contributed by atoms with van der Waals surface area (Å²) in [4.78, 5) is 1.29. The van der Waals surface area contributed by atoms with Gasteiger partial charge >= 0.3 is 0 Å². The molecule has 0 aliphatic carbocycles. The lowest BCUT2D eigenvalue weighted by atomic mass is 10.2. The van der Waals surface area contributed by atoms with E-state index in [1.807, 2.05) is 18.8 Å². The Balaban J connectivity index is 2.01. The highest BCUT2D eigenvalue weighted by Crippen LogP contribution is 2.30. The molecule has 18 heavy (non-hydrogen) atoms. The fraction of sp³-hybridized carbons (Fsp3) is 0.200. The summed E-state index contributed by atoms with van der Waals surface area (Å²) in [5, 5.41) is 3.16. The number of hydrogen-bond donors (Lipinski definition) is 1. The molecule has 0 saturated carbocycles. The Morgan fingerprint density at radius 2 is 1.83 bits per heavy atom. The van der Waals surface area contributed by atoms with Gasteiger partial charge in [-0.1, -0.05) is 36.4 Å². The van der Waals surface area contributed by atoms with Crippen molar-refractivity contribution in [2.45, 2.75) is 17.2 Å². The van der Waals surface area contributed by atoms with E-state index >= 15 is 0 Å². The third kappa shape index (κ3) is 3.87. The second-order valence-electron chi connectivity index (χ2n) is 4.07. The van der Waals surface area contributed by atoms with Crippen LogP contribution in [0.25, 0.3) is 0 Å². The predicted molar refractivity (Wildman–Crippen MR) is 82.9 cm³/mol. The SMILES string of the molecule is CNCc1ccc(SCc2ccccc2)c(Br)c1. The number of thioether (sulfide) groups is 1. The van der Waals surface area contributed by atoms with Gasteiger partial charge in [0, 0.05) is 21.7 Å². The number of hydrogen-bond acceptors (Lipinski definition) is 2. The van der Waals surface area contributed by atoms with Gasteiger partial charge in [0.2, 0.25) is 0 Å². The molecule has 1 N–H and O–H groups in total. The van der Waals surface area contributed by atoms with Crippen LogP contribution >= 0.6 is 27.7 Å². The lowest BCUT2D eigenvalue weighted by Crippen LogP contribution is -2.04. The summed E-state index contributed by atoms with van der Waals surface area (Å²) in [7, 11) is 1.96. The molecule has 0 bridgehead atoms. The van der Waals surface area contributed by atoms with Gasteiger partial charge in [0.05, 0.1) is 0 Å². The highest BCUT2D eigenvalue weighted by Gasteiger charge is 2.02. The molecule has 0 aliphatic heterocycles. The molecule has 0 aromatic heterocycles. The van der Waals surface area contributed by atoms with Crippen LogP contribution in [-0.4, -0.2) is 7.05 Å². The number of halogens is 1. The van der Waals surface area contributed by atoms with Crippen molar-refractivity contribution in [2.24, 2.45) is 0 Å². The average Bonchev–Trinajstić information content (AvgIpc) is 2.39. The highest BCUT2D eigenvalue weighted by molar-refractivity contribution is 9.10. The van der Waals surface area contributed by atoms with Crippen molar-refractivity contribution in [2.75, 3.05) is 7.05 Å². The monoisotopic (exact) mass is 321 g/mol. The highest BCUT2D eigenvalue weighted by atomic mass is 79.9. The Kier molecular flexibility index (Phi) is 5.29. The maximum absolute atomic E-state index is 3.64. The first-order valence-corrected chi connectivity index (χ1v) is 7.67. The van der Waals surface area contributed by atoms with Gasteiger partial charge in [-0.2, -0.15) is 0 Å². The number of benzene rings is 2. The zero-order chi connectivity index (χ0) is 12.8. The molecule has 94 valence electrons. The standard InChI is InChI=1S/C15H16BrNS/c1-17-10-13-7-8-15(14(16)9-13)18-11-12-5-3-2-4-6-12/h2-9,17H,10-11H2,1H3. The predicted octanol–water partition coefficient (Wildman–Crippen LogP) is 4.46. The molecule has 2 aromatic carbocycles. The average molecular weight is 322 g/mol. The molecule has 0 saturated heterocycles. The van der Waals surface area contributed by atoms with Gasteiger partial charge in [-0.25, -0.2) is 0 Å². The van der Waals surface area contributed by atoms with Crippen molar-refractivity contribution in [3.8, 4) is 0 Å². The molecule has 0 amide bonds. The van der Waals surface area contributed by atoms with Crippen molar-refractivity contribution < 1.29 is 0 Å². The van der Waals surface area contributed by atoms with E-state index in [-0.39, 0.29) is 0 Å². The summed E-state index contributed by atoms with van der Waals surface area (Å²) in [5.74, 6) is 1.00. The molecule has 1 nitrogen and oxygen atoms in total. The quantitative estimate of drug-likeness (QED) is 0.816. The molecule has 3 heteroatoms. The maximum Gasteiger partial charge on any atom is 0.0314 e. The Hall–Kier alpha value is -0.770. The summed E-state index contributed by atoms with van der Waals surface area (Å²) in [6.07, 6.45) is 0. The minimum absolute atomic E-state index is 0.905. The van der Waals surface area contributed by atoms with E-state index in [1.165, 1.54) is 20.5 Å². The summed E-state index contributed by atoms with van der Waals surface area (Å²) in [6, 6.07) is 17.1. The molecule has 2 rings (SSSR count). The van der Waals surface area contributed by atoms with Crippen LogP contribution in [0.15, 0.2) is 57.9 Å². The van der Waals surface area contributed by atoms with E-state index in [2.05, 4.69) is 69.8 Å². The summed E-state index contributed by atoms with van der Waals surface area (Å²) < 4.78 is 1.18. The minimum atomic E-state index is 0.905. The van der Waals surface area contributed by atoms with E-state index in [9.17, 15) is 0 Å². The van der Waals surface area contributed by atoms with E-state index in [4.69, 9.17) is 0 Å². The van der Waals surface area contributed by atoms with Crippen molar-refractivity contribution >= 4 is 27.7 Å². The molecule has 0 spiro atoms. The first-order valence-electron chi connectivity index (χ1n) is 5.89. The summed E-state index contributed by atoms with van der Waals surface area (Å²) in [6.45, 7) is 0.905. The Morgan fingerprint density at radius 3 is 2.50 bits per heavy atom. The summed E-state index contributed by atoms with van der Waals surface area (Å²) in [5.41, 5.74) is 2.65. The Labute approximate surface area is 121 Å². The van der Waals surface area contributed by atoms with Crippen molar-refractivity contribution in [3.05, 3.63) is 64.1 Å². The van der Waals surface area contributed by atoms with Crippen LogP contribution in [0.2, 0.25) is 0 Å². The van der Waals surface area contributed by atoms with Gasteiger partial charge in [-0.3, -0.25) is 0 Å². The molecular formula is C15H16BrNS. The van der Waals surface area contributed by atoms with Crippen LogP contribution in [0, 0.1) is 0 Å². The lowest BCUT2D eigenvalue weighted by Gasteiger charge is -2.07. The molecule has 0 heterocycles. The Bertz CT molecular complexity index is 499. The van der Waals surface area contributed by atoms with Crippen molar-refractivity contribution in [3.63, 3.8) is 0 Å². The molecule has 0 fully saturated rings. The number of nitrogens with one attached hydrogen (secondary N) is 1. The first-order chi connectivity index (χ1) is 8.79. The lowest BCUT2D eigenvalue weighted by molar-refractivity contribution is 0.816. The van der Waals surface area contributed by atoms with Gasteiger partial charge in [0.25, 0.3) is 0 Å². The second-order valence-corrected chi connectivity index (χ2v) is 5.94. The van der Waals surface area contributed by atoms with Crippen molar-refractivity contribution in [1.29, 1.82) is 0 Å². The first kappa shape index (κ1) is 13.7. The normalized spacial score (nSPS) is 10.6. The summed E-state index contributed by atoms with van der Waals surface area (Å²) >= 11 is 5.50. The minimum Gasteiger partial charge on any atom is -0.316 e. The van der Waals surface area contributed by atoms with Crippen LogP contribution in [-0.2, 0) is 12.3 Å². The fourth-order valence-corrected chi connectivity index (χ4v) is 3.36. The third-order valence-electron chi connectivity index (χ3n) is 2.61. The van der Waals surface area contributed by atoms with Gasteiger partial charge in [-0.15, -0.1) is 11.8 Å². The van der Waals surface area contributed by atoms with Crippen molar-refractivity contribution in [1.82, 2.24) is 5.32 Å². The molecular weight excluding hydrogens is 306 g/mol. The van der Waals surface area contributed by atoms with E-state index in [1.54, 1.807) is 0 Å². The second kappa shape index (κ2) is 6.98. The van der Waals surface area contributed by atoms with Crippen LogP contribution in [0.3, 0.4) is 0 Å². The largest absolute Gasteiger partial charge is 0.316 e. The van der Waals surface area contributed by atoms with Gasteiger partial charge in [0.15, 0.2) is 0 Å². The Morgan fingerprint density at radius 1 is 1.06 bits per heavy atom. The van der Waals surface area contributed by atoms with Gasteiger partial charge in [-0.05, 0) is 46.2 Å². The molecule has 0 radical (unpaired) electrons. The topological polar surface area (TPSA) is 12.0 Å². The van der Waals surface area contributed by atoms with Crippen LogP contribution in [0.1, 0.15) is 11.1 Å². The van der Waals surface area contributed by atoms with Crippen LogP contribution < -0.4 is 5.32 Å². The van der Waals surface area contributed by atoms with Crippen LogP contribution in [0.4, 0.5) is 0 Å². The molecule has 0 unspecified atom stereocenters. The van der Waals surface area contributed by atoms with Crippen LogP contribution in [0.5, 0.6) is 0 Å². The van der Waals surface area contributed by atoms with E-state index in [0.29, 0.717) is 0 Å².